The van der Waals surface area contributed by atoms with Crippen molar-refractivity contribution in [2.24, 2.45) is 0 Å². The molecule has 6 nitrogen and oxygen atoms in total. The van der Waals surface area contributed by atoms with E-state index in [-0.39, 0.29) is 19.0 Å². The molecular weight excluding hydrogens is 393 g/mol. The Morgan fingerprint density at radius 3 is 2.59 bits per heavy atom. The van der Waals surface area contributed by atoms with E-state index in [4.69, 9.17) is 9.47 Å². The van der Waals surface area contributed by atoms with Crippen molar-refractivity contribution in [3.8, 4) is 11.4 Å². The van der Waals surface area contributed by atoms with Crippen LogP contribution in [0.3, 0.4) is 0 Å². The molecule has 0 saturated carbocycles. The summed E-state index contributed by atoms with van der Waals surface area (Å²) in [5.74, 6) is -0.172. The van der Waals surface area contributed by atoms with Crippen molar-refractivity contribution in [3.63, 3.8) is 0 Å². The van der Waals surface area contributed by atoms with E-state index in [9.17, 15) is 9.18 Å². The Labute approximate surface area is 170 Å². The van der Waals surface area contributed by atoms with Gasteiger partial charge in [-0.3, -0.25) is 0 Å². The van der Waals surface area contributed by atoms with E-state index in [0.717, 1.165) is 10.7 Å². The maximum absolute atomic E-state index is 12.9. The molecule has 2 aromatic heterocycles. The average Bonchev–Trinajstić information content (AvgIpc) is 3.44. The molecule has 29 heavy (non-hydrogen) atoms. The van der Waals surface area contributed by atoms with Gasteiger partial charge in [0.2, 0.25) is 0 Å². The lowest BCUT2D eigenvalue weighted by atomic mass is 10.2. The van der Waals surface area contributed by atoms with Crippen molar-refractivity contribution in [2.75, 3.05) is 0 Å². The average molecular weight is 409 g/mol. The first-order valence-electron chi connectivity index (χ1n) is 8.76. The summed E-state index contributed by atoms with van der Waals surface area (Å²) < 4.78 is 25.5. The molecule has 0 aliphatic rings. The highest BCUT2D eigenvalue weighted by Crippen LogP contribution is 2.17. The summed E-state index contributed by atoms with van der Waals surface area (Å²) >= 11 is 1.41. The summed E-state index contributed by atoms with van der Waals surface area (Å²) in [6.07, 6.45) is 3.52. The molecule has 0 spiro atoms. The molecule has 0 bridgehead atoms. The van der Waals surface area contributed by atoms with E-state index in [1.54, 1.807) is 47.3 Å². The second-order valence-electron chi connectivity index (χ2n) is 6.05. The van der Waals surface area contributed by atoms with Crippen LogP contribution >= 0.6 is 11.3 Å². The number of hydrogen-bond acceptors (Lipinski definition) is 6. The van der Waals surface area contributed by atoms with Crippen molar-refractivity contribution in [1.29, 1.82) is 0 Å². The Bertz CT molecular complexity index is 1080. The van der Waals surface area contributed by atoms with Gasteiger partial charge in [0.05, 0.1) is 16.9 Å². The monoisotopic (exact) mass is 409 g/mol. The second-order valence-corrected chi connectivity index (χ2v) is 6.99. The van der Waals surface area contributed by atoms with E-state index >= 15 is 0 Å². The van der Waals surface area contributed by atoms with E-state index in [2.05, 4.69) is 10.1 Å². The molecule has 8 heteroatoms. The van der Waals surface area contributed by atoms with Crippen LogP contribution in [0.2, 0.25) is 0 Å². The van der Waals surface area contributed by atoms with Gasteiger partial charge in [-0.1, -0.05) is 0 Å². The zero-order valence-electron chi connectivity index (χ0n) is 15.2. The van der Waals surface area contributed by atoms with Crippen molar-refractivity contribution in [1.82, 2.24) is 14.8 Å². The van der Waals surface area contributed by atoms with Crippen LogP contribution in [0.1, 0.15) is 21.1 Å². The number of thiazole rings is 1. The van der Waals surface area contributed by atoms with Gasteiger partial charge in [0, 0.05) is 17.8 Å². The second kappa shape index (κ2) is 8.66. The van der Waals surface area contributed by atoms with E-state index in [1.807, 2.05) is 17.6 Å². The number of nitrogens with zero attached hydrogens (tertiary/aromatic N) is 3. The van der Waals surface area contributed by atoms with Crippen LogP contribution in [0, 0.1) is 5.82 Å². The maximum Gasteiger partial charge on any atom is 0.338 e. The summed E-state index contributed by atoms with van der Waals surface area (Å²) in [4.78, 5) is 16.6. The summed E-state index contributed by atoms with van der Waals surface area (Å²) in [5, 5.41) is 6.70. The molecule has 146 valence electrons. The zero-order valence-corrected chi connectivity index (χ0v) is 16.0. The largest absolute Gasteiger partial charge is 0.486 e. The SMILES string of the molecule is O=C(OCc1csc(COc2ccc(F)cc2)n1)c1ccc(-n2cccn2)cc1. The van der Waals surface area contributed by atoms with Gasteiger partial charge < -0.3 is 9.47 Å². The highest BCUT2D eigenvalue weighted by Gasteiger charge is 2.10. The van der Waals surface area contributed by atoms with E-state index in [0.29, 0.717) is 17.0 Å². The normalized spacial score (nSPS) is 10.7. The van der Waals surface area contributed by atoms with E-state index < -0.39 is 5.97 Å². The fourth-order valence-electron chi connectivity index (χ4n) is 2.55. The predicted molar refractivity (Wildman–Crippen MR) is 106 cm³/mol. The maximum atomic E-state index is 12.9. The van der Waals surface area contributed by atoms with Crippen LogP contribution in [0.5, 0.6) is 5.75 Å². The smallest absolute Gasteiger partial charge is 0.338 e. The zero-order chi connectivity index (χ0) is 20.1. The van der Waals surface area contributed by atoms with Crippen LogP contribution in [0.15, 0.2) is 72.4 Å². The Morgan fingerprint density at radius 2 is 1.86 bits per heavy atom. The summed E-state index contributed by atoms with van der Waals surface area (Å²) in [6, 6.07) is 14.6. The topological polar surface area (TPSA) is 66.2 Å². The van der Waals surface area contributed by atoms with Gasteiger partial charge in [-0.25, -0.2) is 18.9 Å². The van der Waals surface area contributed by atoms with E-state index in [1.165, 1.54) is 23.5 Å². The van der Waals surface area contributed by atoms with Crippen LogP contribution in [0.4, 0.5) is 4.39 Å². The number of hydrogen-bond donors (Lipinski definition) is 0. The quantitative estimate of drug-likeness (QED) is 0.423. The Kier molecular flexibility index (Phi) is 5.62. The highest BCUT2D eigenvalue weighted by atomic mass is 32.1. The van der Waals surface area contributed by atoms with Crippen molar-refractivity contribution in [3.05, 3.63) is 94.5 Å². The van der Waals surface area contributed by atoms with Gasteiger partial charge in [-0.2, -0.15) is 5.10 Å². The molecule has 0 aliphatic heterocycles. The minimum absolute atomic E-state index is 0.0762. The fourth-order valence-corrected chi connectivity index (χ4v) is 3.24. The number of ether oxygens (including phenoxy) is 2. The van der Waals surface area contributed by atoms with Crippen molar-refractivity contribution >= 4 is 17.3 Å². The molecule has 0 atom stereocenters. The minimum Gasteiger partial charge on any atom is -0.486 e. The third-order valence-corrected chi connectivity index (χ3v) is 4.87. The van der Waals surface area contributed by atoms with Gasteiger partial charge in [0.1, 0.15) is 29.8 Å². The first kappa shape index (κ1) is 18.8. The van der Waals surface area contributed by atoms with Gasteiger partial charge in [0.25, 0.3) is 0 Å². The van der Waals surface area contributed by atoms with Crippen molar-refractivity contribution < 1.29 is 18.7 Å². The Balaban J connectivity index is 1.29. The Hall–Kier alpha value is -3.52. The lowest BCUT2D eigenvalue weighted by molar-refractivity contribution is 0.0468. The van der Waals surface area contributed by atoms with Gasteiger partial charge in [-0.15, -0.1) is 11.3 Å². The molecule has 0 N–H and O–H groups in total. The molecule has 2 heterocycles. The number of carbonyl (C=O) groups is 1. The molecule has 4 aromatic rings. The first-order valence-corrected chi connectivity index (χ1v) is 9.64. The lowest BCUT2D eigenvalue weighted by Crippen LogP contribution is -2.06. The molecule has 0 amide bonds. The van der Waals surface area contributed by atoms with Gasteiger partial charge >= 0.3 is 5.97 Å². The molecule has 0 fully saturated rings. The Morgan fingerprint density at radius 1 is 1.07 bits per heavy atom. The number of esters is 1. The minimum atomic E-state index is -0.422. The summed E-state index contributed by atoms with van der Waals surface area (Å²) in [7, 11) is 0. The highest BCUT2D eigenvalue weighted by molar-refractivity contribution is 7.09. The fraction of sp³-hybridized carbons (Fsp3) is 0.0952. The first-order chi connectivity index (χ1) is 14.2. The third kappa shape index (κ3) is 4.85. The molecule has 4 rings (SSSR count). The molecule has 0 saturated heterocycles. The summed E-state index contributed by atoms with van der Waals surface area (Å²) in [5.41, 5.74) is 1.96. The molecule has 2 aromatic carbocycles. The van der Waals surface area contributed by atoms with Gasteiger partial charge in [-0.05, 0) is 54.6 Å². The number of carbonyl (C=O) groups excluding carboxylic acids is 1. The number of benzene rings is 2. The number of rotatable bonds is 7. The predicted octanol–water partition coefficient (Wildman–Crippen LogP) is 4.40. The molecule has 0 aliphatic carbocycles. The van der Waals surface area contributed by atoms with Gasteiger partial charge in [0.15, 0.2) is 0 Å². The van der Waals surface area contributed by atoms with Crippen LogP contribution < -0.4 is 4.74 Å². The van der Waals surface area contributed by atoms with Crippen LogP contribution in [-0.4, -0.2) is 20.7 Å². The van der Waals surface area contributed by atoms with Crippen LogP contribution in [0.25, 0.3) is 5.69 Å². The lowest BCUT2D eigenvalue weighted by Gasteiger charge is -2.05. The third-order valence-electron chi connectivity index (χ3n) is 4.00. The summed E-state index contributed by atoms with van der Waals surface area (Å²) in [6.45, 7) is 0.339. The number of aromatic nitrogens is 3. The standard InChI is InChI=1S/C21H16FN3O3S/c22-16-4-8-19(9-5-16)27-13-20-24-17(14-29-20)12-28-21(26)15-2-6-18(7-3-15)25-11-1-10-23-25/h1-11,14H,12-13H2. The molecular formula is C21H16FN3O3S. The molecule has 0 radical (unpaired) electrons. The number of halogens is 1. The van der Waals surface area contributed by atoms with Crippen molar-refractivity contribution in [2.45, 2.75) is 13.2 Å². The molecule has 0 unspecified atom stereocenters. The van der Waals surface area contributed by atoms with Crippen LogP contribution in [-0.2, 0) is 18.0 Å².